The highest BCUT2D eigenvalue weighted by atomic mass is 14.1. The van der Waals surface area contributed by atoms with E-state index in [1.165, 1.54) is 22.3 Å². The Balaban J connectivity index is 3.16. The third-order valence-corrected chi connectivity index (χ3v) is 2.66. The molecule has 0 nitrogen and oxygen atoms in total. The van der Waals surface area contributed by atoms with Crippen molar-refractivity contribution in [1.29, 1.82) is 0 Å². The van der Waals surface area contributed by atoms with Gasteiger partial charge >= 0.3 is 0 Å². The first-order valence-corrected chi connectivity index (χ1v) is 5.60. The maximum absolute atomic E-state index is 2.28. The molecule has 0 amide bonds. The van der Waals surface area contributed by atoms with Crippen molar-refractivity contribution in [2.45, 2.75) is 34.1 Å². The van der Waals surface area contributed by atoms with Crippen LogP contribution in [0.4, 0.5) is 0 Å². The minimum absolute atomic E-state index is 1.09. The van der Waals surface area contributed by atoms with Crippen LogP contribution >= 0.6 is 0 Å². The molecular formula is C15H20. The molecule has 0 heteroatoms. The molecule has 0 unspecified atom stereocenters. The van der Waals surface area contributed by atoms with E-state index in [9.17, 15) is 0 Å². The molecule has 0 aliphatic carbocycles. The van der Waals surface area contributed by atoms with Gasteiger partial charge in [0, 0.05) is 0 Å². The summed E-state index contributed by atoms with van der Waals surface area (Å²) in [4.78, 5) is 0. The lowest BCUT2D eigenvalue weighted by molar-refractivity contribution is 1.20. The summed E-state index contributed by atoms with van der Waals surface area (Å²) in [6.45, 7) is 8.63. The Kier molecular flexibility index (Phi) is 4.36. The Morgan fingerprint density at radius 1 is 1.27 bits per heavy atom. The SMILES string of the molecule is C/C=C(\C(C)=C/CC)c1ccccc1C. The average Bonchev–Trinajstić information content (AvgIpc) is 2.22. The normalized spacial score (nSPS) is 13.1. The van der Waals surface area contributed by atoms with E-state index >= 15 is 0 Å². The number of aryl methyl sites for hydroxylation is 1. The molecule has 0 aliphatic heterocycles. The van der Waals surface area contributed by atoms with Crippen LogP contribution in [0.15, 0.2) is 42.0 Å². The van der Waals surface area contributed by atoms with Crippen molar-refractivity contribution in [1.82, 2.24) is 0 Å². The van der Waals surface area contributed by atoms with Gasteiger partial charge in [-0.15, -0.1) is 0 Å². The van der Waals surface area contributed by atoms with Gasteiger partial charge in [0.05, 0.1) is 0 Å². The molecular weight excluding hydrogens is 180 g/mol. The number of hydrogen-bond donors (Lipinski definition) is 0. The molecule has 15 heavy (non-hydrogen) atoms. The predicted molar refractivity (Wildman–Crippen MR) is 68.9 cm³/mol. The van der Waals surface area contributed by atoms with Crippen LogP contribution in [-0.4, -0.2) is 0 Å². The first-order valence-electron chi connectivity index (χ1n) is 5.60. The molecule has 0 bridgehead atoms. The molecule has 0 atom stereocenters. The number of rotatable bonds is 3. The fourth-order valence-corrected chi connectivity index (χ4v) is 1.89. The molecule has 0 aliphatic rings. The maximum Gasteiger partial charge on any atom is -0.0155 e. The minimum Gasteiger partial charge on any atom is -0.0813 e. The van der Waals surface area contributed by atoms with Gasteiger partial charge in [-0.3, -0.25) is 0 Å². The monoisotopic (exact) mass is 200 g/mol. The van der Waals surface area contributed by atoms with Crippen LogP contribution in [-0.2, 0) is 0 Å². The van der Waals surface area contributed by atoms with Crippen molar-refractivity contribution < 1.29 is 0 Å². The molecule has 1 aromatic rings. The Morgan fingerprint density at radius 2 is 1.93 bits per heavy atom. The molecule has 0 aromatic heterocycles. The van der Waals surface area contributed by atoms with Gasteiger partial charge in [-0.05, 0) is 49.5 Å². The Morgan fingerprint density at radius 3 is 2.47 bits per heavy atom. The molecule has 0 radical (unpaired) electrons. The van der Waals surface area contributed by atoms with Crippen LogP contribution < -0.4 is 0 Å². The van der Waals surface area contributed by atoms with Gasteiger partial charge in [-0.25, -0.2) is 0 Å². The second-order valence-electron chi connectivity index (χ2n) is 3.81. The molecule has 0 saturated heterocycles. The van der Waals surface area contributed by atoms with Crippen LogP contribution in [0.3, 0.4) is 0 Å². The number of hydrogen-bond acceptors (Lipinski definition) is 0. The Bertz CT molecular complexity index is 381. The van der Waals surface area contributed by atoms with E-state index in [0.717, 1.165) is 6.42 Å². The van der Waals surface area contributed by atoms with E-state index in [-0.39, 0.29) is 0 Å². The smallest absolute Gasteiger partial charge is 0.0155 e. The van der Waals surface area contributed by atoms with Crippen molar-refractivity contribution in [3.05, 3.63) is 53.1 Å². The minimum atomic E-state index is 1.09. The zero-order valence-electron chi connectivity index (χ0n) is 10.2. The Hall–Kier alpha value is -1.30. The van der Waals surface area contributed by atoms with Crippen molar-refractivity contribution in [2.75, 3.05) is 0 Å². The lowest BCUT2D eigenvalue weighted by Gasteiger charge is -2.10. The van der Waals surface area contributed by atoms with Crippen molar-refractivity contribution in [3.63, 3.8) is 0 Å². The summed E-state index contributed by atoms with van der Waals surface area (Å²) in [6.07, 6.45) is 5.57. The van der Waals surface area contributed by atoms with Gasteiger partial charge in [0.1, 0.15) is 0 Å². The standard InChI is InChI=1S/C15H20/c1-5-9-12(3)14(6-2)15-11-8-7-10-13(15)4/h6-11H,5H2,1-4H3/b12-9-,14-6+. The zero-order valence-corrected chi connectivity index (χ0v) is 10.2. The average molecular weight is 200 g/mol. The van der Waals surface area contributed by atoms with Crippen molar-refractivity contribution in [3.8, 4) is 0 Å². The number of benzene rings is 1. The fourth-order valence-electron chi connectivity index (χ4n) is 1.89. The van der Waals surface area contributed by atoms with Gasteiger partial charge < -0.3 is 0 Å². The van der Waals surface area contributed by atoms with Crippen LogP contribution in [0, 0.1) is 6.92 Å². The molecule has 0 saturated carbocycles. The van der Waals surface area contributed by atoms with Crippen LogP contribution in [0.25, 0.3) is 5.57 Å². The maximum atomic E-state index is 2.28. The second-order valence-corrected chi connectivity index (χ2v) is 3.81. The molecule has 0 spiro atoms. The second kappa shape index (κ2) is 5.55. The molecule has 0 fully saturated rings. The van der Waals surface area contributed by atoms with Gasteiger partial charge in [0.25, 0.3) is 0 Å². The summed E-state index contributed by atoms with van der Waals surface area (Å²) in [7, 11) is 0. The largest absolute Gasteiger partial charge is 0.0813 e. The number of allylic oxidation sites excluding steroid dienone is 4. The molecule has 80 valence electrons. The van der Waals surface area contributed by atoms with E-state index in [1.807, 2.05) is 0 Å². The van der Waals surface area contributed by atoms with E-state index in [1.54, 1.807) is 0 Å². The summed E-state index contributed by atoms with van der Waals surface area (Å²) < 4.78 is 0. The topological polar surface area (TPSA) is 0 Å². The highest BCUT2D eigenvalue weighted by Crippen LogP contribution is 2.25. The molecule has 0 heterocycles. The summed E-state index contributed by atoms with van der Waals surface area (Å²) in [5, 5.41) is 0. The summed E-state index contributed by atoms with van der Waals surface area (Å²) in [5.41, 5.74) is 5.42. The third-order valence-electron chi connectivity index (χ3n) is 2.66. The highest BCUT2D eigenvalue weighted by Gasteiger charge is 2.04. The fraction of sp³-hybridized carbons (Fsp3) is 0.333. The van der Waals surface area contributed by atoms with E-state index in [0.29, 0.717) is 0 Å². The first-order chi connectivity index (χ1) is 7.20. The zero-order chi connectivity index (χ0) is 11.3. The van der Waals surface area contributed by atoms with Crippen molar-refractivity contribution in [2.24, 2.45) is 0 Å². The third kappa shape index (κ3) is 2.82. The molecule has 1 rings (SSSR count). The van der Waals surface area contributed by atoms with Gasteiger partial charge in [-0.1, -0.05) is 43.3 Å². The van der Waals surface area contributed by atoms with Gasteiger partial charge in [-0.2, -0.15) is 0 Å². The first kappa shape index (κ1) is 11.8. The Labute approximate surface area is 93.3 Å². The molecule has 0 N–H and O–H groups in total. The quantitative estimate of drug-likeness (QED) is 0.617. The molecule has 1 aromatic carbocycles. The van der Waals surface area contributed by atoms with E-state index in [4.69, 9.17) is 0 Å². The van der Waals surface area contributed by atoms with Crippen LogP contribution in [0.2, 0.25) is 0 Å². The van der Waals surface area contributed by atoms with Gasteiger partial charge in [0.2, 0.25) is 0 Å². The van der Waals surface area contributed by atoms with Crippen molar-refractivity contribution >= 4 is 5.57 Å². The summed E-state index contributed by atoms with van der Waals surface area (Å²) in [6, 6.07) is 8.55. The highest BCUT2D eigenvalue weighted by molar-refractivity contribution is 5.79. The van der Waals surface area contributed by atoms with Crippen LogP contribution in [0.5, 0.6) is 0 Å². The lowest BCUT2D eigenvalue weighted by Crippen LogP contribution is -1.90. The van der Waals surface area contributed by atoms with E-state index in [2.05, 4.69) is 64.1 Å². The van der Waals surface area contributed by atoms with Crippen LogP contribution in [0.1, 0.15) is 38.3 Å². The summed E-state index contributed by atoms with van der Waals surface area (Å²) >= 11 is 0. The van der Waals surface area contributed by atoms with Gasteiger partial charge in [0.15, 0.2) is 0 Å². The lowest BCUT2D eigenvalue weighted by atomic mass is 9.94. The van der Waals surface area contributed by atoms with E-state index < -0.39 is 0 Å². The summed E-state index contributed by atoms with van der Waals surface area (Å²) in [5.74, 6) is 0. The predicted octanol–water partition coefficient (Wildman–Crippen LogP) is 4.75.